The van der Waals surface area contributed by atoms with Gasteiger partial charge in [-0.1, -0.05) is 0 Å². The van der Waals surface area contributed by atoms with Crippen LogP contribution in [0.5, 0.6) is 0 Å². The van der Waals surface area contributed by atoms with E-state index in [1.54, 1.807) is 7.05 Å². The van der Waals surface area contributed by atoms with Gasteiger partial charge in [0.15, 0.2) is 0 Å². The van der Waals surface area contributed by atoms with Crippen LogP contribution in [0, 0.1) is 0 Å². The molecule has 0 unspecified atom stereocenters. The van der Waals surface area contributed by atoms with E-state index in [4.69, 9.17) is 0 Å². The van der Waals surface area contributed by atoms with Crippen molar-refractivity contribution in [3.63, 3.8) is 0 Å². The quantitative estimate of drug-likeness (QED) is 0.662. The average molecular weight is 213 g/mol. The van der Waals surface area contributed by atoms with Crippen LogP contribution in [0.2, 0.25) is 0 Å². The summed E-state index contributed by atoms with van der Waals surface area (Å²) in [5, 5.41) is 5.93. The standard InChI is InChI=1S/C11H23N3O/c1-11(2,12-3)10(15)13-7-8-14(4)9-5-6-9/h9,12H,5-8H2,1-4H3,(H,13,15). The van der Waals surface area contributed by atoms with E-state index in [0.29, 0.717) is 0 Å². The van der Waals surface area contributed by atoms with Crippen molar-refractivity contribution in [1.82, 2.24) is 15.5 Å². The third kappa shape index (κ3) is 3.80. The summed E-state index contributed by atoms with van der Waals surface area (Å²) in [6.07, 6.45) is 2.62. The molecule has 0 aromatic heterocycles. The molecule has 0 bridgehead atoms. The highest BCUT2D eigenvalue weighted by atomic mass is 16.2. The van der Waals surface area contributed by atoms with Gasteiger partial charge in [0.25, 0.3) is 0 Å². The summed E-state index contributed by atoms with van der Waals surface area (Å²) in [5.74, 6) is 0.0641. The van der Waals surface area contributed by atoms with Gasteiger partial charge < -0.3 is 15.5 Å². The van der Waals surface area contributed by atoms with Crippen LogP contribution in [-0.2, 0) is 4.79 Å². The van der Waals surface area contributed by atoms with Gasteiger partial charge in [0.2, 0.25) is 5.91 Å². The summed E-state index contributed by atoms with van der Waals surface area (Å²) >= 11 is 0. The van der Waals surface area contributed by atoms with Crippen LogP contribution in [0.25, 0.3) is 0 Å². The van der Waals surface area contributed by atoms with Gasteiger partial charge in [-0.15, -0.1) is 0 Å². The number of hydrogen-bond acceptors (Lipinski definition) is 3. The van der Waals surface area contributed by atoms with Crippen LogP contribution < -0.4 is 10.6 Å². The number of hydrogen-bond donors (Lipinski definition) is 2. The highest BCUT2D eigenvalue weighted by Gasteiger charge is 2.27. The molecular formula is C11H23N3O. The Labute approximate surface area is 92.4 Å². The number of carbonyl (C=O) groups excluding carboxylic acids is 1. The third-order valence-electron chi connectivity index (χ3n) is 3.11. The van der Waals surface area contributed by atoms with Gasteiger partial charge in [0.1, 0.15) is 0 Å². The maximum absolute atomic E-state index is 11.7. The zero-order chi connectivity index (χ0) is 11.5. The van der Waals surface area contributed by atoms with Crippen molar-refractivity contribution in [2.75, 3.05) is 27.2 Å². The van der Waals surface area contributed by atoms with Crippen molar-refractivity contribution in [1.29, 1.82) is 0 Å². The predicted octanol–water partition coefficient (Wildman–Crippen LogP) is 0.195. The molecule has 0 saturated heterocycles. The molecule has 0 aromatic rings. The predicted molar refractivity (Wildman–Crippen MR) is 61.8 cm³/mol. The molecule has 4 nitrogen and oxygen atoms in total. The molecule has 1 saturated carbocycles. The van der Waals surface area contributed by atoms with Crippen LogP contribution in [0.4, 0.5) is 0 Å². The highest BCUT2D eigenvalue weighted by Crippen LogP contribution is 2.24. The fourth-order valence-corrected chi connectivity index (χ4v) is 1.38. The second-order valence-corrected chi connectivity index (χ2v) is 4.84. The minimum atomic E-state index is -0.474. The highest BCUT2D eigenvalue weighted by molar-refractivity contribution is 5.85. The molecule has 1 rings (SSSR count). The van der Waals surface area contributed by atoms with Crippen LogP contribution >= 0.6 is 0 Å². The number of rotatable bonds is 6. The number of likely N-dealkylation sites (N-methyl/N-ethyl adjacent to an activating group) is 2. The van der Waals surface area contributed by atoms with Crippen molar-refractivity contribution >= 4 is 5.91 Å². The topological polar surface area (TPSA) is 44.4 Å². The normalized spacial score (nSPS) is 16.9. The van der Waals surface area contributed by atoms with Crippen molar-refractivity contribution < 1.29 is 4.79 Å². The monoisotopic (exact) mass is 213 g/mol. The van der Waals surface area contributed by atoms with E-state index in [-0.39, 0.29) is 5.91 Å². The molecule has 88 valence electrons. The Bertz CT molecular complexity index is 224. The second-order valence-electron chi connectivity index (χ2n) is 4.84. The molecule has 1 fully saturated rings. The Kier molecular flexibility index (Phi) is 4.11. The molecule has 15 heavy (non-hydrogen) atoms. The first-order chi connectivity index (χ1) is 6.97. The molecule has 2 N–H and O–H groups in total. The van der Waals surface area contributed by atoms with Crippen molar-refractivity contribution in [2.24, 2.45) is 0 Å². The van der Waals surface area contributed by atoms with Crippen LogP contribution in [0.15, 0.2) is 0 Å². The fraction of sp³-hybridized carbons (Fsp3) is 0.909. The number of carbonyl (C=O) groups is 1. The van der Waals surface area contributed by atoms with E-state index in [2.05, 4.69) is 22.6 Å². The molecule has 0 aliphatic heterocycles. The Morgan fingerprint density at radius 1 is 1.47 bits per heavy atom. The summed E-state index contributed by atoms with van der Waals surface area (Å²) < 4.78 is 0. The van der Waals surface area contributed by atoms with Gasteiger partial charge in [0, 0.05) is 19.1 Å². The van der Waals surface area contributed by atoms with Crippen LogP contribution in [-0.4, -0.2) is 49.6 Å². The lowest BCUT2D eigenvalue weighted by molar-refractivity contribution is -0.126. The largest absolute Gasteiger partial charge is 0.353 e. The summed E-state index contributed by atoms with van der Waals surface area (Å²) in [6, 6.07) is 0.763. The van der Waals surface area contributed by atoms with Crippen molar-refractivity contribution in [3.05, 3.63) is 0 Å². The lowest BCUT2D eigenvalue weighted by atomic mass is 10.1. The lowest BCUT2D eigenvalue weighted by Gasteiger charge is -2.23. The Hall–Kier alpha value is -0.610. The van der Waals surface area contributed by atoms with Gasteiger partial charge >= 0.3 is 0 Å². The minimum absolute atomic E-state index is 0.0641. The van der Waals surface area contributed by atoms with Crippen molar-refractivity contribution in [3.8, 4) is 0 Å². The molecule has 1 amide bonds. The maximum atomic E-state index is 11.7. The molecule has 0 aromatic carbocycles. The number of amides is 1. The zero-order valence-electron chi connectivity index (χ0n) is 10.3. The molecule has 1 aliphatic rings. The second kappa shape index (κ2) is 4.94. The van der Waals surface area contributed by atoms with Crippen LogP contribution in [0.1, 0.15) is 26.7 Å². The molecule has 1 aliphatic carbocycles. The van der Waals surface area contributed by atoms with Gasteiger partial charge in [-0.2, -0.15) is 0 Å². The first kappa shape index (κ1) is 12.5. The Balaban J connectivity index is 2.16. The molecule has 4 heteroatoms. The van der Waals surface area contributed by atoms with E-state index < -0.39 is 5.54 Å². The van der Waals surface area contributed by atoms with E-state index in [9.17, 15) is 4.79 Å². The fourth-order valence-electron chi connectivity index (χ4n) is 1.38. The summed E-state index contributed by atoms with van der Waals surface area (Å²) in [6.45, 7) is 5.44. The third-order valence-corrected chi connectivity index (χ3v) is 3.11. The van der Waals surface area contributed by atoms with E-state index in [1.165, 1.54) is 12.8 Å². The average Bonchev–Trinajstić information content (AvgIpc) is 3.00. The molecule has 0 atom stereocenters. The Morgan fingerprint density at radius 2 is 2.07 bits per heavy atom. The minimum Gasteiger partial charge on any atom is -0.353 e. The smallest absolute Gasteiger partial charge is 0.239 e. The Morgan fingerprint density at radius 3 is 2.53 bits per heavy atom. The molecule has 0 heterocycles. The SMILES string of the molecule is CNC(C)(C)C(=O)NCCN(C)C1CC1. The van der Waals surface area contributed by atoms with Gasteiger partial charge in [-0.05, 0) is 40.8 Å². The van der Waals surface area contributed by atoms with Crippen molar-refractivity contribution in [2.45, 2.75) is 38.3 Å². The maximum Gasteiger partial charge on any atom is 0.239 e. The molecule has 0 spiro atoms. The number of nitrogens with zero attached hydrogens (tertiary/aromatic N) is 1. The lowest BCUT2D eigenvalue weighted by Crippen LogP contribution is -2.52. The van der Waals surface area contributed by atoms with E-state index >= 15 is 0 Å². The summed E-state index contributed by atoms with van der Waals surface area (Å²) in [4.78, 5) is 14.0. The molecular weight excluding hydrogens is 190 g/mol. The molecule has 0 radical (unpaired) electrons. The van der Waals surface area contributed by atoms with E-state index in [1.807, 2.05) is 13.8 Å². The first-order valence-electron chi connectivity index (χ1n) is 5.65. The zero-order valence-corrected chi connectivity index (χ0v) is 10.3. The number of nitrogens with one attached hydrogen (secondary N) is 2. The van der Waals surface area contributed by atoms with Crippen LogP contribution in [0.3, 0.4) is 0 Å². The first-order valence-corrected chi connectivity index (χ1v) is 5.65. The van der Waals surface area contributed by atoms with Gasteiger partial charge in [-0.25, -0.2) is 0 Å². The van der Waals surface area contributed by atoms with Gasteiger partial charge in [-0.3, -0.25) is 4.79 Å². The van der Waals surface area contributed by atoms with Gasteiger partial charge in [0.05, 0.1) is 5.54 Å². The summed E-state index contributed by atoms with van der Waals surface area (Å²) in [5.41, 5.74) is -0.474. The summed E-state index contributed by atoms with van der Waals surface area (Å²) in [7, 11) is 3.92. The van der Waals surface area contributed by atoms with E-state index in [0.717, 1.165) is 19.1 Å².